The van der Waals surface area contributed by atoms with Gasteiger partial charge in [-0.3, -0.25) is 0 Å². The van der Waals surface area contributed by atoms with Crippen LogP contribution in [0.3, 0.4) is 0 Å². The third kappa shape index (κ3) is 31.3. The molecule has 0 saturated heterocycles. The van der Waals surface area contributed by atoms with Gasteiger partial charge >= 0.3 is 35.3 Å². The molecule has 0 fully saturated rings. The Kier molecular flexibility index (Phi) is 29.3. The third-order valence-electron chi connectivity index (χ3n) is 1.43. The van der Waals surface area contributed by atoms with E-state index in [1.165, 1.54) is 0 Å². The van der Waals surface area contributed by atoms with Gasteiger partial charge in [0.05, 0.1) is 0 Å². The van der Waals surface area contributed by atoms with E-state index in [0.29, 0.717) is 0 Å². The van der Waals surface area contributed by atoms with Crippen LogP contribution in [0, 0.1) is 0 Å². The summed E-state index contributed by atoms with van der Waals surface area (Å²) >= 11 is -0.472. The van der Waals surface area contributed by atoms with Crippen LogP contribution in [0.2, 0.25) is 0 Å². The summed E-state index contributed by atoms with van der Waals surface area (Å²) in [5.41, 5.74) is 13.6. The van der Waals surface area contributed by atoms with Gasteiger partial charge in [0.1, 0.15) is 0 Å². The molecule has 4 N–H and O–H groups in total. The fourth-order valence-electron chi connectivity index (χ4n) is 0.258. The number of hydrogen-bond donors (Lipinski definition) is 2. The monoisotopic (exact) mass is 441 g/mol. The number of aliphatic hydroxyl groups excluding tert-OH is 2. The van der Waals surface area contributed by atoms with Crippen molar-refractivity contribution in [3.05, 3.63) is 11.5 Å². The second-order valence-electron chi connectivity index (χ2n) is 2.62. The minimum atomic E-state index is -0.472. The van der Waals surface area contributed by atoms with E-state index in [4.69, 9.17) is 40.5 Å². The van der Waals surface area contributed by atoms with E-state index in [2.05, 4.69) is 0 Å². The molecule has 0 rings (SSSR count). The quantitative estimate of drug-likeness (QED) is 0.702. The average Bonchev–Trinajstić information content (AvgIpc) is 2.28. The molecule has 0 saturated carbocycles. The van der Waals surface area contributed by atoms with Gasteiger partial charge in [0, 0.05) is 13.2 Å². The molecule has 0 aromatic rings. The first-order valence-electron chi connectivity index (χ1n) is 4.50. The number of hydrogen-bond acceptors (Lipinski definition) is 2. The van der Waals surface area contributed by atoms with E-state index < -0.39 is 16.5 Å². The fraction of sp³-hybridized carbons (Fsp3) is 1.00. The summed E-state index contributed by atoms with van der Waals surface area (Å²) in [4.78, 5) is 0. The van der Waals surface area contributed by atoms with Crippen molar-refractivity contribution in [2.45, 2.75) is 38.8 Å². The Morgan fingerprint density at radius 2 is 1.20 bits per heavy atom. The van der Waals surface area contributed by atoms with Crippen LogP contribution in [0.1, 0.15) is 26.7 Å². The van der Waals surface area contributed by atoms with Crippen molar-refractivity contribution in [3.63, 3.8) is 0 Å². The summed E-state index contributed by atoms with van der Waals surface area (Å²) in [5.74, 6) is 0. The number of aliphatic hydroxyl groups is 2. The van der Waals surface area contributed by atoms with Gasteiger partial charge in [0.2, 0.25) is 0 Å². The van der Waals surface area contributed by atoms with Crippen molar-refractivity contribution in [1.29, 1.82) is 0 Å². The summed E-state index contributed by atoms with van der Waals surface area (Å²) in [6, 6.07) is -0.519. The second kappa shape index (κ2) is 20.5. The van der Waals surface area contributed by atoms with E-state index in [9.17, 15) is 0 Å². The van der Waals surface area contributed by atoms with Gasteiger partial charge in [-0.05, 0) is 0 Å². The second-order valence-corrected chi connectivity index (χ2v) is 5.90. The zero-order chi connectivity index (χ0) is 12.7. The Morgan fingerprint density at radius 3 is 1.20 bits per heavy atom. The van der Waals surface area contributed by atoms with Crippen molar-refractivity contribution < 1.29 is 26.7 Å². The molecule has 0 aromatic heterocycles. The maximum atomic E-state index is 8.15. The standard InChI is InChI=1S/2C4H10NO.2ClH.Pt/c2*1-2-4(5)3-6;;;/h2*4-6H,2-3H2,1H3;2*1H;/q2*-1;;;+4/p-2. The molecule has 15 heavy (non-hydrogen) atoms. The molecule has 4 nitrogen and oxygen atoms in total. The molecule has 98 valence electrons. The minimum absolute atomic E-state index is 0.00347. The van der Waals surface area contributed by atoms with Crippen LogP contribution in [-0.2, 0) is 16.5 Å². The SMILES string of the molecule is CCC([NH-])CO.CCC([NH-])CO.[Cl][Pt+2][Cl]. The molecule has 0 aliphatic heterocycles. The van der Waals surface area contributed by atoms with E-state index >= 15 is 0 Å². The zero-order valence-electron chi connectivity index (χ0n) is 8.95. The molecule has 2 unspecified atom stereocenters. The van der Waals surface area contributed by atoms with E-state index in [-0.39, 0.29) is 25.3 Å². The van der Waals surface area contributed by atoms with Crippen LogP contribution in [0.25, 0.3) is 11.5 Å². The normalized spacial score (nSPS) is 13.1. The van der Waals surface area contributed by atoms with Gasteiger partial charge in [-0.2, -0.15) is 0 Å². The molecule has 0 amide bonds. The van der Waals surface area contributed by atoms with Crippen LogP contribution in [0.15, 0.2) is 0 Å². The van der Waals surface area contributed by atoms with Crippen LogP contribution < -0.4 is 0 Å². The first-order chi connectivity index (χ1) is 7.03. The van der Waals surface area contributed by atoms with Gasteiger partial charge in [0.15, 0.2) is 0 Å². The number of halogens is 2. The van der Waals surface area contributed by atoms with Crippen molar-refractivity contribution in [2.75, 3.05) is 13.2 Å². The van der Waals surface area contributed by atoms with Crippen molar-refractivity contribution in [2.24, 2.45) is 0 Å². The zero-order valence-corrected chi connectivity index (χ0v) is 12.7. The summed E-state index contributed by atoms with van der Waals surface area (Å²) in [6.07, 6.45) is 1.49. The molecule has 0 bridgehead atoms. The molecule has 2 atom stereocenters. The first-order valence-corrected chi connectivity index (χ1v) is 10.1. The molecule has 0 aliphatic carbocycles. The van der Waals surface area contributed by atoms with Gasteiger partial charge in [0.25, 0.3) is 0 Å². The summed E-state index contributed by atoms with van der Waals surface area (Å²) < 4.78 is 0. The molecule has 0 heterocycles. The van der Waals surface area contributed by atoms with Crippen LogP contribution >= 0.6 is 18.8 Å². The molecule has 0 aliphatic rings. The van der Waals surface area contributed by atoms with Crippen LogP contribution in [-0.4, -0.2) is 35.5 Å². The van der Waals surface area contributed by atoms with Gasteiger partial charge in [-0.15, -0.1) is 12.1 Å². The maximum absolute atomic E-state index is 8.15. The van der Waals surface area contributed by atoms with Crippen LogP contribution in [0.4, 0.5) is 0 Å². The number of nitrogens with one attached hydrogen (secondary N) is 2. The number of rotatable bonds is 4. The Balaban J connectivity index is -0.000000153. The van der Waals surface area contributed by atoms with Crippen molar-refractivity contribution in [3.8, 4) is 0 Å². The fourth-order valence-corrected chi connectivity index (χ4v) is 0.258. The molecule has 0 aromatic carbocycles. The molecule has 0 spiro atoms. The van der Waals surface area contributed by atoms with E-state index in [0.717, 1.165) is 12.8 Å². The summed E-state index contributed by atoms with van der Waals surface area (Å²) in [6.45, 7) is 3.76. The molecular weight excluding hydrogens is 422 g/mol. The average molecular weight is 442 g/mol. The Hall–Kier alpha value is 1.11. The Morgan fingerprint density at radius 1 is 1.00 bits per heavy atom. The first kappa shape index (κ1) is 21.4. The molecular formula is C8H20Cl2N2O2Pt. The van der Waals surface area contributed by atoms with E-state index in [1.807, 2.05) is 13.8 Å². The van der Waals surface area contributed by atoms with Gasteiger partial charge in [-0.25, -0.2) is 0 Å². The van der Waals surface area contributed by atoms with Gasteiger partial charge in [-0.1, -0.05) is 26.7 Å². The summed E-state index contributed by atoms with van der Waals surface area (Å²) in [5, 5.41) is 16.3. The predicted octanol–water partition coefficient (Wildman–Crippen LogP) is 3.00. The topological polar surface area (TPSA) is 88.1 Å². The Bertz CT molecular complexity index is 86.7. The van der Waals surface area contributed by atoms with Gasteiger partial charge < -0.3 is 21.7 Å². The van der Waals surface area contributed by atoms with E-state index in [1.54, 1.807) is 0 Å². The van der Waals surface area contributed by atoms with Crippen molar-refractivity contribution in [1.82, 2.24) is 0 Å². The third-order valence-corrected chi connectivity index (χ3v) is 1.43. The molecule has 0 radical (unpaired) electrons. The van der Waals surface area contributed by atoms with Crippen molar-refractivity contribution >= 4 is 18.8 Å². The Labute approximate surface area is 109 Å². The summed E-state index contributed by atoms with van der Waals surface area (Å²) in [7, 11) is 9.75. The van der Waals surface area contributed by atoms with Crippen LogP contribution in [0.5, 0.6) is 0 Å². The molecule has 7 heteroatoms. The predicted molar refractivity (Wildman–Crippen MR) is 62.7 cm³/mol.